The number of hydrogen-bond acceptors (Lipinski definition) is 11. The van der Waals surface area contributed by atoms with Gasteiger partial charge in [-0.3, -0.25) is 10.3 Å². The number of rotatable bonds is 9. The summed E-state index contributed by atoms with van der Waals surface area (Å²) in [5.74, 6) is -0.350. The lowest BCUT2D eigenvalue weighted by Crippen LogP contribution is -2.54. The second-order valence-corrected chi connectivity index (χ2v) is 14.9. The first-order chi connectivity index (χ1) is 24.0. The van der Waals surface area contributed by atoms with E-state index in [1.807, 2.05) is 0 Å². The number of amides is 3. The lowest BCUT2D eigenvalue weighted by Gasteiger charge is -2.39. The minimum Gasteiger partial charge on any atom is -0.486 e. The number of halogens is 2. The van der Waals surface area contributed by atoms with Crippen LogP contribution < -0.4 is 26.2 Å². The molecule has 276 valence electrons. The normalized spacial score (nSPS) is 19.4. The van der Waals surface area contributed by atoms with E-state index < -0.39 is 41.2 Å². The van der Waals surface area contributed by atoms with Gasteiger partial charge >= 0.3 is 18.1 Å². The van der Waals surface area contributed by atoms with Gasteiger partial charge < -0.3 is 29.6 Å². The Morgan fingerprint density at radius 2 is 1.80 bits per heavy atom. The molecule has 3 unspecified atom stereocenters. The average Bonchev–Trinajstić information content (AvgIpc) is 3.55. The third-order valence-electron chi connectivity index (χ3n) is 7.96. The Labute approximate surface area is 301 Å². The van der Waals surface area contributed by atoms with Crippen molar-refractivity contribution in [3.05, 3.63) is 47.5 Å². The second-order valence-electron chi connectivity index (χ2n) is 14.5. The molecule has 0 aliphatic carbocycles. The summed E-state index contributed by atoms with van der Waals surface area (Å²) in [5.41, 5.74) is 5.54. The van der Waals surface area contributed by atoms with Gasteiger partial charge in [-0.25, -0.2) is 34.2 Å². The molecule has 3 amide bonds. The van der Waals surface area contributed by atoms with Crippen LogP contribution in [-0.4, -0.2) is 82.6 Å². The van der Waals surface area contributed by atoms with Crippen LogP contribution in [0.2, 0.25) is 5.02 Å². The maximum absolute atomic E-state index is 13.8. The quantitative estimate of drug-likeness (QED) is 0.144. The zero-order valence-corrected chi connectivity index (χ0v) is 30.4. The number of piperidine rings is 1. The zero-order valence-electron chi connectivity index (χ0n) is 29.6. The summed E-state index contributed by atoms with van der Waals surface area (Å²) in [6.45, 7) is 12.2. The highest BCUT2D eigenvalue weighted by atomic mass is 35.5. The molecule has 1 aromatic heterocycles. The molecule has 2 saturated heterocycles. The number of carbonyl (C=O) groups is 3. The number of urea groups is 1. The molecule has 16 heteroatoms. The molecule has 0 saturated carbocycles. The molecule has 3 aromatic rings. The van der Waals surface area contributed by atoms with E-state index in [4.69, 9.17) is 30.5 Å². The van der Waals surface area contributed by atoms with Gasteiger partial charge in [-0.1, -0.05) is 11.6 Å². The van der Waals surface area contributed by atoms with E-state index in [-0.39, 0.29) is 23.6 Å². The predicted octanol–water partition coefficient (Wildman–Crippen LogP) is 6.32. The molecular weight excluding hydrogens is 685 g/mol. The molecule has 2 aliphatic heterocycles. The predicted molar refractivity (Wildman–Crippen MR) is 190 cm³/mol. The molecule has 2 fully saturated rings. The van der Waals surface area contributed by atoms with Crippen molar-refractivity contribution in [3.63, 3.8) is 0 Å². The van der Waals surface area contributed by atoms with E-state index in [0.717, 1.165) is 0 Å². The van der Waals surface area contributed by atoms with Gasteiger partial charge in [0.15, 0.2) is 0 Å². The number of esters is 1. The number of likely N-dealkylation sites (tertiary alicyclic amines) is 1. The number of carbonyl (C=O) groups excluding carboxylic acids is 3. The molecule has 2 aromatic carbocycles. The standard InChI is InChI=1S/C35H45ClFN7O7/c1-34(2,3)50-31(45)28-13-20(9-11-44(28)33(47)51-35(4,5)6)17-40-43-32(46)42-27-15-23-26(16-29(27)49-22-10-12-48-18-22)38-19-39-30(23)41-21-7-8-25(37)24(36)14-21/h7-8,14-16,19-20,22,28,40H,9-13,17-18H2,1-6H3,(H,38,39,41)(H2,42,43,46). The third-order valence-corrected chi connectivity index (χ3v) is 8.25. The number of nitrogens with one attached hydrogen (secondary N) is 4. The summed E-state index contributed by atoms with van der Waals surface area (Å²) in [6, 6.07) is 6.19. The zero-order chi connectivity index (χ0) is 36.9. The average molecular weight is 730 g/mol. The summed E-state index contributed by atoms with van der Waals surface area (Å²) in [6.07, 6.45) is 2.15. The number of fused-ring (bicyclic) bond motifs is 1. The maximum Gasteiger partial charge on any atom is 0.411 e. The van der Waals surface area contributed by atoms with E-state index in [1.54, 1.807) is 53.7 Å². The van der Waals surface area contributed by atoms with Crippen molar-refractivity contribution >= 4 is 57.8 Å². The lowest BCUT2D eigenvalue weighted by atomic mass is 9.91. The molecule has 0 radical (unpaired) electrons. The fourth-order valence-corrected chi connectivity index (χ4v) is 5.84. The molecule has 51 heavy (non-hydrogen) atoms. The highest BCUT2D eigenvalue weighted by Crippen LogP contribution is 2.35. The summed E-state index contributed by atoms with van der Waals surface area (Å²) >= 11 is 5.98. The Hall–Kier alpha value is -4.47. The summed E-state index contributed by atoms with van der Waals surface area (Å²) in [7, 11) is 0. The monoisotopic (exact) mass is 729 g/mol. The largest absolute Gasteiger partial charge is 0.486 e. The van der Waals surface area contributed by atoms with Crippen LogP contribution in [0.15, 0.2) is 36.7 Å². The third kappa shape index (κ3) is 10.5. The minimum atomic E-state index is -0.846. The highest BCUT2D eigenvalue weighted by molar-refractivity contribution is 6.31. The van der Waals surface area contributed by atoms with Gasteiger partial charge in [0.05, 0.1) is 29.4 Å². The van der Waals surface area contributed by atoms with Crippen LogP contribution in [0.1, 0.15) is 60.8 Å². The van der Waals surface area contributed by atoms with Crippen LogP contribution in [0.5, 0.6) is 5.75 Å². The van der Waals surface area contributed by atoms with Crippen LogP contribution in [0, 0.1) is 11.7 Å². The number of nitrogens with zero attached hydrogens (tertiary/aromatic N) is 3. The van der Waals surface area contributed by atoms with Crippen LogP contribution >= 0.6 is 11.6 Å². The Morgan fingerprint density at radius 1 is 1.04 bits per heavy atom. The Kier molecular flexibility index (Phi) is 11.7. The van der Waals surface area contributed by atoms with E-state index in [2.05, 4.69) is 31.5 Å². The summed E-state index contributed by atoms with van der Waals surface area (Å²) in [5, 5.41) is 6.49. The SMILES string of the molecule is CC(C)(C)OC(=O)C1CC(CNNC(=O)Nc2cc3c(Nc4ccc(F)c(Cl)c4)ncnc3cc2OC2CCOC2)CCN1C(=O)OC(C)(C)C. The first-order valence-corrected chi connectivity index (χ1v) is 17.2. The minimum absolute atomic E-state index is 0.0479. The van der Waals surface area contributed by atoms with Crippen molar-refractivity contribution < 1.29 is 37.7 Å². The van der Waals surface area contributed by atoms with Crippen molar-refractivity contribution in [1.82, 2.24) is 25.7 Å². The number of hydrogen-bond donors (Lipinski definition) is 4. The number of hydrazine groups is 1. The molecule has 0 spiro atoms. The van der Waals surface area contributed by atoms with Crippen LogP contribution in [-0.2, 0) is 19.0 Å². The second kappa shape index (κ2) is 15.8. The van der Waals surface area contributed by atoms with Crippen LogP contribution in [0.25, 0.3) is 10.9 Å². The van der Waals surface area contributed by atoms with Crippen molar-refractivity contribution in [1.29, 1.82) is 0 Å². The molecule has 4 N–H and O–H groups in total. The Balaban J connectivity index is 1.27. The van der Waals surface area contributed by atoms with Crippen molar-refractivity contribution in [2.75, 3.05) is 36.9 Å². The maximum atomic E-state index is 13.8. The summed E-state index contributed by atoms with van der Waals surface area (Å²) in [4.78, 5) is 49.6. The molecular formula is C35H45ClFN7O7. The first kappa shape index (κ1) is 37.8. The fourth-order valence-electron chi connectivity index (χ4n) is 5.66. The molecule has 5 rings (SSSR count). The molecule has 14 nitrogen and oxygen atoms in total. The van der Waals surface area contributed by atoms with Gasteiger partial charge in [-0.05, 0) is 84.6 Å². The van der Waals surface area contributed by atoms with Crippen molar-refractivity contribution in [3.8, 4) is 5.75 Å². The molecule has 3 heterocycles. The summed E-state index contributed by atoms with van der Waals surface area (Å²) < 4.78 is 36.7. The van der Waals surface area contributed by atoms with Gasteiger partial charge in [-0.2, -0.15) is 0 Å². The van der Waals surface area contributed by atoms with Gasteiger partial charge in [0, 0.05) is 36.7 Å². The number of ether oxygens (including phenoxy) is 4. The number of anilines is 3. The van der Waals surface area contributed by atoms with Gasteiger partial charge in [0.25, 0.3) is 0 Å². The topological polar surface area (TPSA) is 165 Å². The highest BCUT2D eigenvalue weighted by Gasteiger charge is 2.40. The van der Waals surface area contributed by atoms with Gasteiger partial charge in [0.2, 0.25) is 0 Å². The Bertz CT molecular complexity index is 1740. The van der Waals surface area contributed by atoms with Crippen molar-refractivity contribution in [2.24, 2.45) is 5.92 Å². The number of aromatic nitrogens is 2. The van der Waals surface area contributed by atoms with E-state index in [0.29, 0.717) is 72.9 Å². The van der Waals surface area contributed by atoms with E-state index in [9.17, 15) is 18.8 Å². The molecule has 0 bridgehead atoms. The van der Waals surface area contributed by atoms with E-state index in [1.165, 1.54) is 29.4 Å². The smallest absolute Gasteiger partial charge is 0.411 e. The fraction of sp³-hybridized carbons (Fsp3) is 0.514. The number of benzene rings is 2. The van der Waals surface area contributed by atoms with Crippen molar-refractivity contribution in [2.45, 2.75) is 84.2 Å². The van der Waals surface area contributed by atoms with Gasteiger partial charge in [-0.15, -0.1) is 0 Å². The molecule has 3 atom stereocenters. The molecule has 2 aliphatic rings. The lowest BCUT2D eigenvalue weighted by molar-refractivity contribution is -0.163. The van der Waals surface area contributed by atoms with Gasteiger partial charge in [0.1, 0.15) is 47.1 Å². The van der Waals surface area contributed by atoms with E-state index >= 15 is 0 Å². The first-order valence-electron chi connectivity index (χ1n) is 16.8. The van der Waals surface area contributed by atoms with Crippen LogP contribution in [0.4, 0.5) is 31.2 Å². The Morgan fingerprint density at radius 3 is 2.49 bits per heavy atom. The van der Waals surface area contributed by atoms with Crippen LogP contribution in [0.3, 0.4) is 0 Å².